The summed E-state index contributed by atoms with van der Waals surface area (Å²) >= 11 is 0. The molecule has 0 unspecified atom stereocenters. The molecule has 3 aromatic carbocycles. The van der Waals surface area contributed by atoms with Crippen LogP contribution in [0.15, 0.2) is 78.9 Å². The molecule has 1 saturated heterocycles. The summed E-state index contributed by atoms with van der Waals surface area (Å²) in [4.78, 5) is 39.5. The zero-order valence-electron chi connectivity index (χ0n) is 21.1. The minimum absolute atomic E-state index is 0.0994. The van der Waals surface area contributed by atoms with Crippen molar-refractivity contribution in [1.29, 1.82) is 0 Å². The lowest BCUT2D eigenvalue weighted by Crippen LogP contribution is -2.63. The summed E-state index contributed by atoms with van der Waals surface area (Å²) in [6, 6.07) is 26.2. The molecule has 196 valence electrons. The standard InChI is InChI=1S/C30H31N3O5/c34-27(35)18-31-28(36)30(14-16-33(17-15-30)19-21-8-2-1-3-9-21)32-29(37)38-20-26-24-12-6-4-10-22(24)23-11-5-7-13-25(23)26/h1-13,26H,14-20H2,(H,31,36)(H,32,37)(H,34,35). The highest BCUT2D eigenvalue weighted by atomic mass is 16.5. The van der Waals surface area contributed by atoms with Crippen molar-refractivity contribution >= 4 is 18.0 Å². The highest BCUT2D eigenvalue weighted by Crippen LogP contribution is 2.44. The number of alkyl carbamates (subject to hydrolysis) is 1. The van der Waals surface area contributed by atoms with Crippen molar-refractivity contribution in [2.24, 2.45) is 0 Å². The molecule has 0 bridgehead atoms. The molecular weight excluding hydrogens is 482 g/mol. The lowest BCUT2D eigenvalue weighted by molar-refractivity contribution is -0.139. The summed E-state index contributed by atoms with van der Waals surface area (Å²) in [5.41, 5.74) is 4.39. The zero-order valence-corrected chi connectivity index (χ0v) is 21.1. The van der Waals surface area contributed by atoms with Crippen LogP contribution in [0.4, 0.5) is 4.79 Å². The maximum atomic E-state index is 13.1. The van der Waals surface area contributed by atoms with Crippen molar-refractivity contribution in [3.63, 3.8) is 0 Å². The van der Waals surface area contributed by atoms with Gasteiger partial charge in [-0.3, -0.25) is 14.5 Å². The number of hydrogen-bond acceptors (Lipinski definition) is 5. The van der Waals surface area contributed by atoms with Gasteiger partial charge in [0, 0.05) is 25.6 Å². The van der Waals surface area contributed by atoms with Crippen molar-refractivity contribution in [3.05, 3.63) is 95.6 Å². The topological polar surface area (TPSA) is 108 Å². The van der Waals surface area contributed by atoms with Crippen molar-refractivity contribution in [3.8, 4) is 11.1 Å². The fraction of sp³-hybridized carbons (Fsp3) is 0.300. The molecule has 8 heteroatoms. The van der Waals surface area contributed by atoms with Crippen molar-refractivity contribution in [2.45, 2.75) is 30.8 Å². The number of carboxylic acids is 1. The Morgan fingerprint density at radius 1 is 0.868 bits per heavy atom. The number of amides is 2. The van der Waals surface area contributed by atoms with Gasteiger partial charge in [-0.05, 0) is 40.7 Å². The molecular formula is C30H31N3O5. The first-order valence-electron chi connectivity index (χ1n) is 12.8. The fourth-order valence-corrected chi connectivity index (χ4v) is 5.50. The number of nitrogens with zero attached hydrogens (tertiary/aromatic N) is 1. The van der Waals surface area contributed by atoms with Crippen LogP contribution in [-0.2, 0) is 20.9 Å². The number of fused-ring (bicyclic) bond motifs is 3. The molecule has 1 heterocycles. The first kappa shape index (κ1) is 25.5. The normalized spacial score (nSPS) is 16.2. The average Bonchev–Trinajstić information content (AvgIpc) is 3.26. The van der Waals surface area contributed by atoms with Gasteiger partial charge >= 0.3 is 12.1 Å². The van der Waals surface area contributed by atoms with Gasteiger partial charge in [0.2, 0.25) is 5.91 Å². The lowest BCUT2D eigenvalue weighted by atomic mass is 9.86. The predicted octanol–water partition coefficient (Wildman–Crippen LogP) is 3.76. The number of likely N-dealkylation sites (tertiary alicyclic amines) is 1. The van der Waals surface area contributed by atoms with Crippen LogP contribution in [0.25, 0.3) is 11.1 Å². The first-order valence-corrected chi connectivity index (χ1v) is 12.8. The molecule has 0 aromatic heterocycles. The predicted molar refractivity (Wildman–Crippen MR) is 143 cm³/mol. The molecule has 3 N–H and O–H groups in total. The molecule has 3 aromatic rings. The monoisotopic (exact) mass is 513 g/mol. The van der Waals surface area contributed by atoms with Gasteiger partial charge in [-0.1, -0.05) is 78.9 Å². The van der Waals surface area contributed by atoms with E-state index in [1.807, 2.05) is 54.6 Å². The molecule has 1 aliphatic carbocycles. The third-order valence-electron chi connectivity index (χ3n) is 7.48. The number of nitrogens with one attached hydrogen (secondary N) is 2. The van der Waals surface area contributed by atoms with Gasteiger partial charge in [0.1, 0.15) is 18.7 Å². The van der Waals surface area contributed by atoms with E-state index in [4.69, 9.17) is 9.84 Å². The SMILES string of the molecule is O=C(O)CNC(=O)C1(NC(=O)OCC2c3ccccc3-c3ccccc32)CCN(Cc2ccccc2)CC1. The van der Waals surface area contributed by atoms with Crippen LogP contribution in [0.3, 0.4) is 0 Å². The highest BCUT2D eigenvalue weighted by molar-refractivity contribution is 5.92. The smallest absolute Gasteiger partial charge is 0.408 e. The maximum absolute atomic E-state index is 13.1. The summed E-state index contributed by atoms with van der Waals surface area (Å²) in [7, 11) is 0. The van der Waals surface area contributed by atoms with Gasteiger partial charge in [-0.15, -0.1) is 0 Å². The van der Waals surface area contributed by atoms with Gasteiger partial charge < -0.3 is 20.5 Å². The number of hydrogen-bond donors (Lipinski definition) is 3. The Kier molecular flexibility index (Phi) is 7.42. The number of carbonyl (C=O) groups excluding carboxylic acids is 2. The van der Waals surface area contributed by atoms with E-state index >= 15 is 0 Å². The minimum atomic E-state index is -1.24. The van der Waals surface area contributed by atoms with Crippen LogP contribution < -0.4 is 10.6 Å². The van der Waals surface area contributed by atoms with Crippen LogP contribution in [0.5, 0.6) is 0 Å². The second kappa shape index (κ2) is 11.1. The molecule has 0 atom stereocenters. The molecule has 0 saturated carbocycles. The maximum Gasteiger partial charge on any atom is 0.408 e. The molecule has 38 heavy (non-hydrogen) atoms. The van der Waals surface area contributed by atoms with Crippen LogP contribution >= 0.6 is 0 Å². The molecule has 5 rings (SSSR count). The third-order valence-corrected chi connectivity index (χ3v) is 7.48. The Bertz CT molecular complexity index is 1270. The number of ether oxygens (including phenoxy) is 1. The third kappa shape index (κ3) is 5.40. The van der Waals surface area contributed by atoms with Crippen LogP contribution in [0.1, 0.15) is 35.4 Å². The Hall–Kier alpha value is -4.17. The Morgan fingerprint density at radius 3 is 2.05 bits per heavy atom. The Labute approximate surface area is 221 Å². The summed E-state index contributed by atoms with van der Waals surface area (Å²) in [5.74, 6) is -1.75. The number of carbonyl (C=O) groups is 3. The lowest BCUT2D eigenvalue weighted by Gasteiger charge is -2.40. The van der Waals surface area contributed by atoms with E-state index in [0.29, 0.717) is 25.9 Å². The molecule has 2 aliphatic rings. The quantitative estimate of drug-likeness (QED) is 0.423. The van der Waals surface area contributed by atoms with Gasteiger partial charge in [0.15, 0.2) is 0 Å². The summed E-state index contributed by atoms with van der Waals surface area (Å²) in [5, 5.41) is 14.3. The molecule has 1 fully saturated rings. The van der Waals surface area contributed by atoms with Gasteiger partial charge in [-0.2, -0.15) is 0 Å². The average molecular weight is 514 g/mol. The molecule has 8 nitrogen and oxygen atoms in total. The van der Waals surface area contributed by atoms with Crippen molar-refractivity contribution < 1.29 is 24.2 Å². The van der Waals surface area contributed by atoms with Gasteiger partial charge in [0.05, 0.1) is 0 Å². The molecule has 0 radical (unpaired) electrons. The number of carboxylic acid groups (broad SMARTS) is 1. The first-order chi connectivity index (χ1) is 18.4. The Morgan fingerprint density at radius 2 is 1.45 bits per heavy atom. The van der Waals surface area contributed by atoms with E-state index in [9.17, 15) is 14.4 Å². The van der Waals surface area contributed by atoms with Gasteiger partial charge in [-0.25, -0.2) is 4.79 Å². The Balaban J connectivity index is 1.26. The summed E-state index contributed by atoms with van der Waals surface area (Å²) < 4.78 is 5.71. The number of aliphatic carboxylic acids is 1. The number of benzene rings is 3. The summed E-state index contributed by atoms with van der Waals surface area (Å²) in [6.45, 7) is 1.49. The fourth-order valence-electron chi connectivity index (χ4n) is 5.50. The van der Waals surface area contributed by atoms with Gasteiger partial charge in [0.25, 0.3) is 0 Å². The summed E-state index contributed by atoms with van der Waals surface area (Å²) in [6.07, 6.45) is -0.000774. The van der Waals surface area contributed by atoms with Crippen LogP contribution in [0.2, 0.25) is 0 Å². The number of rotatable bonds is 8. The molecule has 2 amide bonds. The largest absolute Gasteiger partial charge is 0.480 e. The van der Waals surface area contributed by atoms with Crippen LogP contribution in [-0.4, -0.2) is 59.8 Å². The second-order valence-corrected chi connectivity index (χ2v) is 9.87. The van der Waals surface area contributed by atoms with E-state index in [0.717, 1.165) is 28.8 Å². The van der Waals surface area contributed by atoms with E-state index in [2.05, 4.69) is 39.8 Å². The van der Waals surface area contributed by atoms with Crippen LogP contribution in [0, 0.1) is 0 Å². The van der Waals surface area contributed by atoms with E-state index in [-0.39, 0.29) is 12.5 Å². The number of piperidine rings is 1. The minimum Gasteiger partial charge on any atom is -0.480 e. The van der Waals surface area contributed by atoms with E-state index in [1.165, 1.54) is 5.56 Å². The molecule has 1 aliphatic heterocycles. The van der Waals surface area contributed by atoms with Crippen molar-refractivity contribution in [1.82, 2.24) is 15.5 Å². The second-order valence-electron chi connectivity index (χ2n) is 9.87. The van der Waals surface area contributed by atoms with Crippen molar-refractivity contribution in [2.75, 3.05) is 26.2 Å². The highest BCUT2D eigenvalue weighted by Gasteiger charge is 2.43. The van der Waals surface area contributed by atoms with E-state index < -0.39 is 30.1 Å². The van der Waals surface area contributed by atoms with E-state index in [1.54, 1.807) is 0 Å². The zero-order chi connectivity index (χ0) is 26.5. The molecule has 0 spiro atoms.